The summed E-state index contributed by atoms with van der Waals surface area (Å²) in [6.07, 6.45) is -0.549. The molecule has 7 unspecified atom stereocenters. The Bertz CT molecular complexity index is 2180. The van der Waals surface area contributed by atoms with Gasteiger partial charge in [0.05, 0.1) is 27.0 Å². The van der Waals surface area contributed by atoms with Crippen molar-refractivity contribution >= 4 is 57.8 Å². The highest BCUT2D eigenvalue weighted by atomic mass is 35.5. The molecular weight excluding hydrogens is 692 g/mol. The van der Waals surface area contributed by atoms with E-state index in [0.717, 1.165) is 4.88 Å². The second-order valence-corrected chi connectivity index (χ2v) is 14.0. The van der Waals surface area contributed by atoms with Gasteiger partial charge in [0.15, 0.2) is 29.2 Å². The number of hydrogen-bond acceptors (Lipinski definition) is 12. The number of imidazole rings is 1. The number of aromatic nitrogens is 4. The largest absolute Gasteiger partial charge is 0.456 e. The first kappa shape index (κ1) is 34.1. The molecule has 2 fully saturated rings. The Balaban J connectivity index is 1.32. The van der Waals surface area contributed by atoms with Gasteiger partial charge in [-0.3, -0.25) is 4.79 Å². The summed E-state index contributed by atoms with van der Waals surface area (Å²) < 4.78 is 14.7. The zero-order chi connectivity index (χ0) is 35.9. The first-order valence-corrected chi connectivity index (χ1v) is 17.3. The van der Waals surface area contributed by atoms with E-state index in [4.69, 9.17) is 37.5 Å². The highest BCUT2D eigenvalue weighted by Gasteiger charge is 2.78. The predicted octanol–water partition coefficient (Wildman–Crippen LogP) is 3.51. The van der Waals surface area contributed by atoms with Crippen LogP contribution in [0.2, 0.25) is 4.34 Å². The van der Waals surface area contributed by atoms with Gasteiger partial charge in [-0.25, -0.2) is 24.5 Å². The second-order valence-electron chi connectivity index (χ2n) is 12.3. The maximum atomic E-state index is 13.8. The molecule has 5 aromatic rings. The molecule has 2 aliphatic carbocycles. The van der Waals surface area contributed by atoms with Crippen molar-refractivity contribution in [1.29, 1.82) is 0 Å². The Labute approximate surface area is 301 Å². The molecule has 7 rings (SSSR count). The lowest BCUT2D eigenvalue weighted by Gasteiger charge is -2.32. The Morgan fingerprint density at radius 1 is 0.941 bits per heavy atom. The molecule has 0 aliphatic heterocycles. The number of nitrogens with zero attached hydrogens (tertiary/aromatic N) is 4. The number of carbonyl (C=O) groups is 3. The fraction of sp³-hybridized carbons (Fsp3) is 0.278. The van der Waals surface area contributed by atoms with Crippen LogP contribution < -0.4 is 22.1 Å². The minimum Gasteiger partial charge on any atom is -0.456 e. The Hall–Kier alpha value is -5.33. The highest BCUT2D eigenvalue weighted by molar-refractivity contribution is 7.16. The quantitative estimate of drug-likeness (QED) is 0.129. The predicted molar refractivity (Wildman–Crippen MR) is 190 cm³/mol. The van der Waals surface area contributed by atoms with E-state index in [1.807, 2.05) is 0 Å². The van der Waals surface area contributed by atoms with Gasteiger partial charge in [0.25, 0.3) is 0 Å². The Kier molecular flexibility index (Phi) is 9.21. The van der Waals surface area contributed by atoms with Gasteiger partial charge < -0.3 is 36.1 Å². The normalized spacial score (nSPS) is 22.9. The number of carbonyl (C=O) groups excluding carboxylic acids is 3. The number of esters is 2. The van der Waals surface area contributed by atoms with Crippen molar-refractivity contribution in [2.75, 3.05) is 19.4 Å². The van der Waals surface area contributed by atoms with Gasteiger partial charge >= 0.3 is 11.9 Å². The number of anilines is 1. The van der Waals surface area contributed by atoms with Crippen molar-refractivity contribution in [3.05, 3.63) is 105 Å². The van der Waals surface area contributed by atoms with Crippen LogP contribution in [0, 0.1) is 23.2 Å². The maximum absolute atomic E-state index is 13.8. The van der Waals surface area contributed by atoms with E-state index in [1.54, 1.807) is 90.7 Å². The highest BCUT2D eigenvalue weighted by Crippen LogP contribution is 2.69. The maximum Gasteiger partial charge on any atom is 0.328 e. The van der Waals surface area contributed by atoms with Crippen molar-refractivity contribution < 1.29 is 23.9 Å². The van der Waals surface area contributed by atoms with Gasteiger partial charge in [0.2, 0.25) is 11.7 Å². The van der Waals surface area contributed by atoms with E-state index < -0.39 is 53.6 Å². The van der Waals surface area contributed by atoms with Crippen molar-refractivity contribution in [3.8, 4) is 11.8 Å². The fourth-order valence-corrected chi connectivity index (χ4v) is 7.80. The monoisotopic (exact) mass is 724 g/mol. The summed E-state index contributed by atoms with van der Waals surface area (Å²) in [5.74, 6) is 4.26. The molecule has 2 saturated carbocycles. The van der Waals surface area contributed by atoms with Crippen LogP contribution in [-0.2, 0) is 23.9 Å². The van der Waals surface area contributed by atoms with Crippen molar-refractivity contribution in [3.63, 3.8) is 0 Å². The zero-order valence-electron chi connectivity index (χ0n) is 27.4. The number of nitrogens with two attached hydrogens (primary N) is 2. The Morgan fingerprint density at radius 3 is 2.18 bits per heavy atom. The molecule has 3 heterocycles. The van der Waals surface area contributed by atoms with E-state index in [9.17, 15) is 14.4 Å². The lowest BCUT2D eigenvalue weighted by atomic mass is 9.97. The van der Waals surface area contributed by atoms with E-state index in [2.05, 4.69) is 32.4 Å². The first-order valence-electron chi connectivity index (χ1n) is 16.1. The van der Waals surface area contributed by atoms with Crippen LogP contribution in [0.15, 0.2) is 79.1 Å². The molecule has 7 atom stereocenters. The smallest absolute Gasteiger partial charge is 0.328 e. The first-order chi connectivity index (χ1) is 24.7. The molecule has 0 spiro atoms. The average Bonchev–Trinajstić information content (AvgIpc) is 3.37. The molecule has 3 aromatic heterocycles. The summed E-state index contributed by atoms with van der Waals surface area (Å²) in [5.41, 5.74) is 13.3. The minimum absolute atomic E-state index is 0.195. The number of benzene rings is 2. The topological polar surface area (TPSA) is 189 Å². The summed E-state index contributed by atoms with van der Waals surface area (Å²) >= 11 is 7.42. The van der Waals surface area contributed by atoms with Gasteiger partial charge in [-0.1, -0.05) is 72.3 Å². The number of rotatable bonds is 9. The number of nitrogens with one attached hydrogen (secondary N) is 2. The molecule has 51 heavy (non-hydrogen) atoms. The third kappa shape index (κ3) is 6.19. The summed E-state index contributed by atoms with van der Waals surface area (Å²) in [6.45, 7) is 0. The van der Waals surface area contributed by atoms with Crippen molar-refractivity contribution in [2.45, 2.75) is 36.8 Å². The van der Waals surface area contributed by atoms with Gasteiger partial charge in [0.1, 0.15) is 12.1 Å². The van der Waals surface area contributed by atoms with Crippen LogP contribution in [0.1, 0.15) is 46.4 Å². The SMILES string of the molecule is CNC(=O)C12CC1C(n1cnc3c(NC)nc(C#Cc4ccc(Cl)s4)nc31)C(OC(=O)C(N)c1ccccc1)C2OC(=O)C(N)c1ccccc1. The number of fused-ring (bicyclic) bond motifs is 2. The van der Waals surface area contributed by atoms with Gasteiger partial charge in [-0.15, -0.1) is 11.3 Å². The van der Waals surface area contributed by atoms with E-state index in [0.29, 0.717) is 38.9 Å². The third-order valence-corrected chi connectivity index (χ3v) is 10.6. The Morgan fingerprint density at radius 2 is 1.59 bits per heavy atom. The summed E-state index contributed by atoms with van der Waals surface area (Å²) in [4.78, 5) is 55.9. The lowest BCUT2D eigenvalue weighted by molar-refractivity contribution is -0.176. The molecule has 2 aliphatic rings. The minimum atomic E-state index is -1.25. The van der Waals surface area contributed by atoms with Crippen LogP contribution in [0.4, 0.5) is 5.82 Å². The van der Waals surface area contributed by atoms with Gasteiger partial charge in [-0.2, -0.15) is 0 Å². The number of ether oxygens (including phenoxy) is 2. The van der Waals surface area contributed by atoms with Crippen LogP contribution in [0.5, 0.6) is 0 Å². The summed E-state index contributed by atoms with van der Waals surface area (Å²) in [6, 6.07) is 18.0. The van der Waals surface area contributed by atoms with Gasteiger partial charge in [-0.05, 0) is 41.5 Å². The van der Waals surface area contributed by atoms with Crippen LogP contribution >= 0.6 is 22.9 Å². The van der Waals surface area contributed by atoms with E-state index in [-0.39, 0.29) is 11.7 Å². The number of halogens is 1. The number of amides is 1. The molecule has 0 bridgehead atoms. The number of thiophene rings is 1. The average molecular weight is 725 g/mol. The van der Waals surface area contributed by atoms with Crippen molar-refractivity contribution in [2.24, 2.45) is 22.8 Å². The van der Waals surface area contributed by atoms with Crippen molar-refractivity contribution in [1.82, 2.24) is 24.8 Å². The molecule has 1 amide bonds. The molecule has 15 heteroatoms. The third-order valence-electron chi connectivity index (χ3n) is 9.43. The molecule has 0 saturated heterocycles. The molecule has 6 N–H and O–H groups in total. The molecular formula is C36H33ClN8O5S. The van der Waals surface area contributed by atoms with Crippen LogP contribution in [0.3, 0.4) is 0 Å². The fourth-order valence-electron chi connectivity index (χ4n) is 6.90. The van der Waals surface area contributed by atoms with Gasteiger partial charge in [0, 0.05) is 20.0 Å². The van der Waals surface area contributed by atoms with Crippen LogP contribution in [-0.4, -0.2) is 63.7 Å². The summed E-state index contributed by atoms with van der Waals surface area (Å²) in [7, 11) is 3.20. The molecule has 2 aromatic carbocycles. The van der Waals surface area contributed by atoms with Crippen LogP contribution in [0.25, 0.3) is 11.2 Å². The zero-order valence-corrected chi connectivity index (χ0v) is 29.0. The number of hydrogen-bond donors (Lipinski definition) is 4. The lowest BCUT2D eigenvalue weighted by Crippen LogP contribution is -2.47. The van der Waals surface area contributed by atoms with E-state index >= 15 is 0 Å². The second kappa shape index (κ2) is 13.8. The summed E-state index contributed by atoms with van der Waals surface area (Å²) in [5, 5.41) is 5.78. The van der Waals surface area contributed by atoms with E-state index in [1.165, 1.54) is 18.4 Å². The molecule has 0 radical (unpaired) electrons. The molecule has 260 valence electrons. The molecule has 13 nitrogen and oxygen atoms in total. The standard InChI is InChI=1S/C36H33ClN8O5S/c1-40-31-27-32(44-24(43-31)16-14-21-13-15-23(37)51-21)45(18-42-27)28-22-17-36(22,35(48)41-2)30(50-34(47)26(39)20-11-7-4-8-12-20)29(28)49-33(46)25(38)19-9-5-3-6-10-19/h3-13,15,18,22,25-26,28-30H,17,38-39H2,1-2H3,(H,41,48)(H,40,43,44).